The highest BCUT2D eigenvalue weighted by Gasteiger charge is 2.45. The number of carbonyl (C=O) groups is 1. The summed E-state index contributed by atoms with van der Waals surface area (Å²) in [5.41, 5.74) is 2.21. The number of ether oxygens (including phenoxy) is 1. The third-order valence-corrected chi connectivity index (χ3v) is 4.43. The van der Waals surface area contributed by atoms with Crippen LogP contribution in [0.15, 0.2) is 30.5 Å². The molecule has 5 heteroatoms. The summed E-state index contributed by atoms with van der Waals surface area (Å²) in [5.74, 6) is 0.149. The highest BCUT2D eigenvalue weighted by Crippen LogP contribution is 2.42. The van der Waals surface area contributed by atoms with E-state index in [-0.39, 0.29) is 11.3 Å². The Morgan fingerprint density at radius 2 is 2.05 bits per heavy atom. The topological polar surface area (TPSA) is 55.3 Å². The molecule has 3 rings (SSSR count). The van der Waals surface area contributed by atoms with Gasteiger partial charge in [-0.05, 0) is 25.0 Å². The Morgan fingerprint density at radius 1 is 1.32 bits per heavy atom. The minimum atomic E-state index is -0.326. The molecule has 0 unspecified atom stereocenters. The van der Waals surface area contributed by atoms with Crippen LogP contribution in [0.25, 0.3) is 11.0 Å². The van der Waals surface area contributed by atoms with Gasteiger partial charge in [-0.25, -0.2) is 4.98 Å². The number of carbonyl (C=O) groups excluding carboxylic acids is 1. The van der Waals surface area contributed by atoms with Crippen molar-refractivity contribution in [1.29, 1.82) is 0 Å². The van der Waals surface area contributed by atoms with Crippen molar-refractivity contribution in [3.8, 4) is 0 Å². The molecule has 1 aromatic heterocycles. The quantitative estimate of drug-likeness (QED) is 0.850. The fraction of sp³-hybridized carbons (Fsp3) is 0.471. The van der Waals surface area contributed by atoms with Crippen molar-refractivity contribution in [1.82, 2.24) is 14.9 Å². The SMILES string of the molecule is COCC1(C(=O)N(C)Cc2cnc3ccccc3n2)CCC1. The number of aromatic nitrogens is 2. The average Bonchev–Trinajstić information content (AvgIpc) is 2.50. The van der Waals surface area contributed by atoms with Crippen molar-refractivity contribution in [3.05, 3.63) is 36.2 Å². The van der Waals surface area contributed by atoms with E-state index in [0.717, 1.165) is 36.0 Å². The second-order valence-corrected chi connectivity index (χ2v) is 6.08. The van der Waals surface area contributed by atoms with Gasteiger partial charge in [-0.1, -0.05) is 18.6 Å². The molecular weight excluding hydrogens is 278 g/mol. The number of nitrogens with zero attached hydrogens (tertiary/aromatic N) is 3. The van der Waals surface area contributed by atoms with Gasteiger partial charge in [-0.3, -0.25) is 9.78 Å². The van der Waals surface area contributed by atoms with Crippen LogP contribution < -0.4 is 0 Å². The number of rotatable bonds is 5. The summed E-state index contributed by atoms with van der Waals surface area (Å²) in [4.78, 5) is 23.4. The van der Waals surface area contributed by atoms with E-state index in [4.69, 9.17) is 4.74 Å². The van der Waals surface area contributed by atoms with E-state index in [1.165, 1.54) is 0 Å². The van der Waals surface area contributed by atoms with Gasteiger partial charge in [0.05, 0.1) is 41.5 Å². The summed E-state index contributed by atoms with van der Waals surface area (Å²) in [6, 6.07) is 7.75. The summed E-state index contributed by atoms with van der Waals surface area (Å²) in [5, 5.41) is 0. The molecule has 0 N–H and O–H groups in total. The zero-order chi connectivity index (χ0) is 15.6. The lowest BCUT2D eigenvalue weighted by molar-refractivity contribution is -0.151. The Hall–Kier alpha value is -2.01. The van der Waals surface area contributed by atoms with Gasteiger partial charge in [0, 0.05) is 14.2 Å². The zero-order valence-corrected chi connectivity index (χ0v) is 13.1. The van der Waals surface area contributed by atoms with Crippen molar-refractivity contribution < 1.29 is 9.53 Å². The van der Waals surface area contributed by atoms with Crippen molar-refractivity contribution in [3.63, 3.8) is 0 Å². The van der Waals surface area contributed by atoms with Crippen LogP contribution in [-0.4, -0.2) is 41.5 Å². The minimum Gasteiger partial charge on any atom is -0.384 e. The van der Waals surface area contributed by atoms with E-state index >= 15 is 0 Å². The second-order valence-electron chi connectivity index (χ2n) is 6.08. The van der Waals surface area contributed by atoms with Crippen LogP contribution in [0.3, 0.4) is 0 Å². The molecule has 0 spiro atoms. The fourth-order valence-electron chi connectivity index (χ4n) is 3.09. The molecule has 0 aliphatic heterocycles. The van der Waals surface area contributed by atoms with Crippen molar-refractivity contribution in [2.24, 2.45) is 5.41 Å². The average molecular weight is 299 g/mol. The first-order chi connectivity index (χ1) is 10.6. The molecule has 1 fully saturated rings. The van der Waals surface area contributed by atoms with Crippen molar-refractivity contribution in [2.75, 3.05) is 20.8 Å². The lowest BCUT2D eigenvalue weighted by Crippen LogP contribution is -2.49. The molecule has 1 saturated carbocycles. The van der Waals surface area contributed by atoms with E-state index in [1.807, 2.05) is 31.3 Å². The van der Waals surface area contributed by atoms with Crippen LogP contribution in [0.4, 0.5) is 0 Å². The summed E-state index contributed by atoms with van der Waals surface area (Å²) in [6.07, 6.45) is 4.66. The molecule has 22 heavy (non-hydrogen) atoms. The van der Waals surface area contributed by atoms with E-state index in [0.29, 0.717) is 13.2 Å². The van der Waals surface area contributed by atoms with Crippen molar-refractivity contribution >= 4 is 16.9 Å². The van der Waals surface area contributed by atoms with Gasteiger partial charge >= 0.3 is 0 Å². The van der Waals surface area contributed by atoms with Crippen LogP contribution in [0.5, 0.6) is 0 Å². The smallest absolute Gasteiger partial charge is 0.231 e. The van der Waals surface area contributed by atoms with Gasteiger partial charge in [0.15, 0.2) is 0 Å². The van der Waals surface area contributed by atoms with Gasteiger partial charge in [-0.2, -0.15) is 0 Å². The van der Waals surface area contributed by atoms with Crippen LogP contribution in [0.1, 0.15) is 25.0 Å². The Balaban J connectivity index is 1.74. The summed E-state index contributed by atoms with van der Waals surface area (Å²) in [6.45, 7) is 0.974. The number of hydrogen-bond acceptors (Lipinski definition) is 4. The maximum Gasteiger partial charge on any atom is 0.231 e. The Morgan fingerprint density at radius 3 is 2.68 bits per heavy atom. The first-order valence-corrected chi connectivity index (χ1v) is 7.60. The summed E-state index contributed by atoms with van der Waals surface area (Å²) in [7, 11) is 3.48. The van der Waals surface area contributed by atoms with Crippen LogP contribution >= 0.6 is 0 Å². The molecule has 1 heterocycles. The molecule has 1 aromatic carbocycles. The molecule has 1 amide bonds. The van der Waals surface area contributed by atoms with Gasteiger partial charge < -0.3 is 9.64 Å². The lowest BCUT2D eigenvalue weighted by atomic mass is 9.68. The predicted molar refractivity (Wildman–Crippen MR) is 84.2 cm³/mol. The Bertz CT molecular complexity index is 682. The standard InChI is InChI=1S/C17H21N3O2/c1-20(16(21)17(12-22-2)8-5-9-17)11-13-10-18-14-6-3-4-7-15(14)19-13/h3-4,6-7,10H,5,8-9,11-12H2,1-2H3. The van der Waals surface area contributed by atoms with Gasteiger partial charge in [0.25, 0.3) is 0 Å². The van der Waals surface area contributed by atoms with E-state index < -0.39 is 0 Å². The number of methoxy groups -OCH3 is 1. The third kappa shape index (κ3) is 2.68. The molecule has 1 aliphatic rings. The predicted octanol–water partition coefficient (Wildman–Crippen LogP) is 2.40. The highest BCUT2D eigenvalue weighted by molar-refractivity contribution is 5.83. The van der Waals surface area contributed by atoms with E-state index in [9.17, 15) is 4.79 Å². The Labute approximate surface area is 130 Å². The Kier molecular flexibility index (Phi) is 4.07. The maximum atomic E-state index is 12.7. The fourth-order valence-corrected chi connectivity index (χ4v) is 3.09. The molecular formula is C17H21N3O2. The number of amides is 1. The monoisotopic (exact) mass is 299 g/mol. The highest BCUT2D eigenvalue weighted by atomic mass is 16.5. The molecule has 0 radical (unpaired) electrons. The molecule has 5 nitrogen and oxygen atoms in total. The van der Waals surface area contributed by atoms with E-state index in [1.54, 1.807) is 18.2 Å². The normalized spacial score (nSPS) is 16.3. The summed E-state index contributed by atoms with van der Waals surface area (Å²) < 4.78 is 5.25. The first-order valence-electron chi connectivity index (χ1n) is 7.60. The first kappa shape index (κ1) is 14.9. The zero-order valence-electron chi connectivity index (χ0n) is 13.1. The summed E-state index contributed by atoms with van der Waals surface area (Å²) >= 11 is 0. The second kappa shape index (κ2) is 6.01. The maximum absolute atomic E-state index is 12.7. The minimum absolute atomic E-state index is 0.149. The van der Waals surface area contributed by atoms with Crippen LogP contribution in [0, 0.1) is 5.41 Å². The van der Waals surface area contributed by atoms with E-state index in [2.05, 4.69) is 9.97 Å². The molecule has 0 saturated heterocycles. The largest absolute Gasteiger partial charge is 0.384 e. The molecule has 0 bridgehead atoms. The molecule has 1 aliphatic carbocycles. The number of benzene rings is 1. The van der Waals surface area contributed by atoms with Crippen molar-refractivity contribution in [2.45, 2.75) is 25.8 Å². The van der Waals surface area contributed by atoms with Gasteiger partial charge in [-0.15, -0.1) is 0 Å². The molecule has 0 atom stereocenters. The van der Waals surface area contributed by atoms with Gasteiger partial charge in [0.2, 0.25) is 5.91 Å². The molecule has 2 aromatic rings. The molecule has 116 valence electrons. The lowest BCUT2D eigenvalue weighted by Gasteiger charge is -2.42. The van der Waals surface area contributed by atoms with Crippen LogP contribution in [-0.2, 0) is 16.1 Å². The third-order valence-electron chi connectivity index (χ3n) is 4.43. The number of fused-ring (bicyclic) bond motifs is 1. The van der Waals surface area contributed by atoms with Crippen LogP contribution in [0.2, 0.25) is 0 Å². The number of hydrogen-bond donors (Lipinski definition) is 0. The van der Waals surface area contributed by atoms with Gasteiger partial charge in [0.1, 0.15) is 0 Å². The number of para-hydroxylation sites is 2.